The molecule has 3 N–H and O–H groups in total. The lowest BCUT2D eigenvalue weighted by Crippen LogP contribution is -2.23. The monoisotopic (exact) mass is 494 g/mol. The highest BCUT2D eigenvalue weighted by Crippen LogP contribution is 2.21. The van der Waals surface area contributed by atoms with Crippen molar-refractivity contribution in [2.24, 2.45) is 10.7 Å². The smallest absolute Gasteiger partial charge is 0.422 e. The van der Waals surface area contributed by atoms with E-state index in [0.29, 0.717) is 11.5 Å². The molecule has 0 unspecified atom stereocenters. The van der Waals surface area contributed by atoms with Crippen molar-refractivity contribution in [2.75, 3.05) is 11.9 Å². The molecule has 0 aliphatic carbocycles. The van der Waals surface area contributed by atoms with Gasteiger partial charge in [-0.05, 0) is 29.7 Å². The number of hydrogen-bond donors (Lipinski definition) is 2. The van der Waals surface area contributed by atoms with Gasteiger partial charge in [0.2, 0.25) is 5.88 Å². The standard InChI is InChI=1S/C18H21F3N4O.HI/c1-12(2)13-5-3-7-15(9-13)25-17(22)24-10-14-6-4-8-23-16(14)26-11-18(19,20)21;/h3-9,12H,10-11H2,1-2H3,(H3,22,24,25);1H. The Hall–Kier alpha value is -2.04. The number of ether oxygens (including phenoxy) is 1. The number of aromatic nitrogens is 1. The number of alkyl halides is 3. The van der Waals surface area contributed by atoms with E-state index in [0.717, 1.165) is 11.3 Å². The van der Waals surface area contributed by atoms with Crippen LogP contribution < -0.4 is 15.8 Å². The van der Waals surface area contributed by atoms with E-state index < -0.39 is 12.8 Å². The van der Waals surface area contributed by atoms with Crippen LogP contribution in [0, 0.1) is 0 Å². The predicted molar refractivity (Wildman–Crippen MR) is 111 cm³/mol. The fourth-order valence-electron chi connectivity index (χ4n) is 2.16. The maximum Gasteiger partial charge on any atom is 0.422 e. The van der Waals surface area contributed by atoms with Gasteiger partial charge in [-0.1, -0.05) is 32.0 Å². The number of halogens is 4. The summed E-state index contributed by atoms with van der Waals surface area (Å²) in [6, 6.07) is 10.9. The second-order valence-corrected chi connectivity index (χ2v) is 5.98. The molecule has 0 radical (unpaired) electrons. The maximum atomic E-state index is 12.3. The number of rotatable bonds is 6. The first kappa shape index (κ1) is 23.0. The van der Waals surface area contributed by atoms with E-state index in [-0.39, 0.29) is 42.4 Å². The van der Waals surface area contributed by atoms with Crippen LogP contribution in [0.15, 0.2) is 47.6 Å². The summed E-state index contributed by atoms with van der Waals surface area (Å²) < 4.78 is 41.7. The molecule has 0 aliphatic rings. The van der Waals surface area contributed by atoms with Crippen molar-refractivity contribution in [1.82, 2.24) is 4.98 Å². The summed E-state index contributed by atoms with van der Waals surface area (Å²) in [5, 5.41) is 2.97. The summed E-state index contributed by atoms with van der Waals surface area (Å²) >= 11 is 0. The molecule has 0 saturated carbocycles. The average molecular weight is 494 g/mol. The third-order valence-corrected chi connectivity index (χ3v) is 3.47. The second kappa shape index (κ2) is 10.3. The maximum absolute atomic E-state index is 12.3. The highest BCUT2D eigenvalue weighted by Gasteiger charge is 2.29. The van der Waals surface area contributed by atoms with Gasteiger partial charge in [-0.25, -0.2) is 9.98 Å². The minimum absolute atomic E-state index is 0. The van der Waals surface area contributed by atoms with E-state index in [4.69, 9.17) is 10.5 Å². The fraction of sp³-hybridized carbons (Fsp3) is 0.333. The molecule has 0 saturated heterocycles. The number of pyridine rings is 1. The van der Waals surface area contributed by atoms with Crippen LogP contribution in [0.3, 0.4) is 0 Å². The molecule has 1 aromatic carbocycles. The van der Waals surface area contributed by atoms with Crippen molar-refractivity contribution < 1.29 is 17.9 Å². The second-order valence-electron chi connectivity index (χ2n) is 5.98. The first-order valence-electron chi connectivity index (χ1n) is 8.05. The number of hydrogen-bond acceptors (Lipinski definition) is 3. The van der Waals surface area contributed by atoms with Gasteiger partial charge < -0.3 is 15.8 Å². The van der Waals surface area contributed by atoms with E-state index >= 15 is 0 Å². The molecule has 0 fully saturated rings. The van der Waals surface area contributed by atoms with Gasteiger partial charge in [-0.2, -0.15) is 13.2 Å². The zero-order valence-electron chi connectivity index (χ0n) is 15.0. The van der Waals surface area contributed by atoms with Crippen LogP contribution in [0.4, 0.5) is 18.9 Å². The zero-order valence-corrected chi connectivity index (χ0v) is 17.3. The highest BCUT2D eigenvalue weighted by molar-refractivity contribution is 14.0. The molecule has 2 rings (SSSR count). The lowest BCUT2D eigenvalue weighted by atomic mass is 10.0. The molecular formula is C18H22F3IN4O. The van der Waals surface area contributed by atoms with Crippen molar-refractivity contribution in [3.05, 3.63) is 53.7 Å². The van der Waals surface area contributed by atoms with E-state index in [1.807, 2.05) is 24.3 Å². The van der Waals surface area contributed by atoms with Gasteiger partial charge in [0.05, 0.1) is 6.54 Å². The van der Waals surface area contributed by atoms with Gasteiger partial charge in [0.25, 0.3) is 0 Å². The van der Waals surface area contributed by atoms with E-state index in [1.54, 1.807) is 12.1 Å². The van der Waals surface area contributed by atoms with Crippen LogP contribution >= 0.6 is 24.0 Å². The van der Waals surface area contributed by atoms with Crippen molar-refractivity contribution in [1.29, 1.82) is 0 Å². The molecule has 2 aromatic rings. The number of guanidine groups is 1. The first-order valence-corrected chi connectivity index (χ1v) is 8.05. The zero-order chi connectivity index (χ0) is 19.2. The molecule has 9 heteroatoms. The summed E-state index contributed by atoms with van der Waals surface area (Å²) in [7, 11) is 0. The molecule has 27 heavy (non-hydrogen) atoms. The lowest BCUT2D eigenvalue weighted by molar-refractivity contribution is -0.154. The van der Waals surface area contributed by atoms with Gasteiger partial charge in [0.15, 0.2) is 12.6 Å². The lowest BCUT2D eigenvalue weighted by Gasteiger charge is -2.12. The fourth-order valence-corrected chi connectivity index (χ4v) is 2.16. The third-order valence-electron chi connectivity index (χ3n) is 3.47. The summed E-state index contributed by atoms with van der Waals surface area (Å²) in [6.07, 6.45) is -3.07. The predicted octanol–water partition coefficient (Wildman–Crippen LogP) is 4.69. The minimum atomic E-state index is -4.43. The molecule has 0 aliphatic heterocycles. The van der Waals surface area contributed by atoms with Gasteiger partial charge in [0, 0.05) is 17.4 Å². The number of anilines is 1. The Balaban J connectivity index is 0.00000364. The van der Waals surface area contributed by atoms with Crippen LogP contribution in [0.1, 0.15) is 30.9 Å². The first-order chi connectivity index (χ1) is 12.2. The Labute approximate surface area is 173 Å². The van der Waals surface area contributed by atoms with E-state index in [2.05, 4.69) is 29.1 Å². The SMILES string of the molecule is CC(C)c1cccc(NC(N)=NCc2cccnc2OCC(F)(F)F)c1.I. The van der Waals surface area contributed by atoms with Gasteiger partial charge in [-0.3, -0.25) is 0 Å². The number of nitrogens with one attached hydrogen (secondary N) is 1. The van der Waals surface area contributed by atoms with E-state index in [9.17, 15) is 13.2 Å². The van der Waals surface area contributed by atoms with Gasteiger partial charge in [0.1, 0.15) is 0 Å². The van der Waals surface area contributed by atoms with Gasteiger partial charge in [-0.15, -0.1) is 24.0 Å². The molecule has 5 nitrogen and oxygen atoms in total. The van der Waals surface area contributed by atoms with Crippen molar-refractivity contribution in [3.63, 3.8) is 0 Å². The van der Waals surface area contributed by atoms with E-state index in [1.165, 1.54) is 6.20 Å². The number of benzene rings is 1. The van der Waals surface area contributed by atoms with Crippen LogP contribution in [-0.2, 0) is 6.54 Å². The Morgan fingerprint density at radius 1 is 1.26 bits per heavy atom. The molecule has 148 valence electrons. The molecule has 1 aromatic heterocycles. The Kier molecular flexibility index (Phi) is 8.80. The number of aliphatic imine (C=N–C) groups is 1. The molecule has 0 amide bonds. The Morgan fingerprint density at radius 3 is 2.67 bits per heavy atom. The van der Waals surface area contributed by atoms with Crippen LogP contribution in [0.2, 0.25) is 0 Å². The summed E-state index contributed by atoms with van der Waals surface area (Å²) in [5.74, 6) is 0.415. The Morgan fingerprint density at radius 2 is 2.00 bits per heavy atom. The average Bonchev–Trinajstić information content (AvgIpc) is 2.58. The Bertz CT molecular complexity index is 766. The normalized spacial score (nSPS) is 11.9. The summed E-state index contributed by atoms with van der Waals surface area (Å²) in [4.78, 5) is 7.97. The molecule has 0 spiro atoms. The third kappa shape index (κ3) is 8.02. The number of nitrogens with two attached hydrogens (primary N) is 1. The van der Waals surface area contributed by atoms with Gasteiger partial charge >= 0.3 is 6.18 Å². The van der Waals surface area contributed by atoms with Crippen LogP contribution in [-0.4, -0.2) is 23.7 Å². The largest absolute Gasteiger partial charge is 0.468 e. The molecule has 0 bridgehead atoms. The van der Waals surface area contributed by atoms with Crippen molar-refractivity contribution in [2.45, 2.75) is 32.5 Å². The van der Waals surface area contributed by atoms with Crippen molar-refractivity contribution >= 4 is 35.6 Å². The van der Waals surface area contributed by atoms with Crippen LogP contribution in [0.25, 0.3) is 0 Å². The minimum Gasteiger partial charge on any atom is -0.468 e. The highest BCUT2D eigenvalue weighted by atomic mass is 127. The molecule has 0 atom stereocenters. The number of nitrogens with zero attached hydrogens (tertiary/aromatic N) is 2. The molecule has 1 heterocycles. The summed E-state index contributed by atoms with van der Waals surface area (Å²) in [5.41, 5.74) is 8.22. The quantitative estimate of drug-likeness (QED) is 0.347. The molecular weight excluding hydrogens is 472 g/mol. The van der Waals surface area contributed by atoms with Crippen molar-refractivity contribution in [3.8, 4) is 5.88 Å². The topological polar surface area (TPSA) is 72.5 Å². The van der Waals surface area contributed by atoms with Crippen LogP contribution in [0.5, 0.6) is 5.88 Å². The summed E-state index contributed by atoms with van der Waals surface area (Å²) in [6.45, 7) is 2.81.